The van der Waals surface area contributed by atoms with E-state index < -0.39 is 5.82 Å². The summed E-state index contributed by atoms with van der Waals surface area (Å²) in [5.74, 6) is -0.433. The number of nitrogens with two attached hydrogens (primary N) is 1. The summed E-state index contributed by atoms with van der Waals surface area (Å²) in [4.78, 5) is 12.2. The number of aromatic nitrogens is 4. The van der Waals surface area contributed by atoms with Gasteiger partial charge in [-0.2, -0.15) is 0 Å². The van der Waals surface area contributed by atoms with Crippen LogP contribution in [0.2, 0.25) is 0 Å². The lowest BCUT2D eigenvalue weighted by Crippen LogP contribution is -2.31. The average molecular weight is 391 g/mol. The summed E-state index contributed by atoms with van der Waals surface area (Å²) in [6.07, 6.45) is 7.04. The smallest absolute Gasteiger partial charge is 0.220 e. The predicted octanol–water partition coefficient (Wildman–Crippen LogP) is 2.90. The molecule has 1 saturated heterocycles. The van der Waals surface area contributed by atoms with Crippen molar-refractivity contribution in [2.24, 2.45) is 0 Å². The van der Waals surface area contributed by atoms with Crippen LogP contribution in [0, 0.1) is 5.82 Å². The topological polar surface area (TPSA) is 81.6 Å². The lowest BCUT2D eigenvalue weighted by Gasteiger charge is -2.25. The van der Waals surface area contributed by atoms with E-state index in [9.17, 15) is 4.39 Å². The van der Waals surface area contributed by atoms with Gasteiger partial charge in [-0.1, -0.05) is 0 Å². The number of halogens is 2. The summed E-state index contributed by atoms with van der Waals surface area (Å²) in [7, 11) is 0. The van der Waals surface area contributed by atoms with Crippen LogP contribution in [0.15, 0.2) is 29.3 Å². The van der Waals surface area contributed by atoms with Crippen molar-refractivity contribution in [3.05, 3.63) is 35.1 Å². The van der Waals surface area contributed by atoms with Crippen molar-refractivity contribution in [2.45, 2.75) is 18.9 Å². The molecule has 6 nitrogen and oxygen atoms in total. The molecular weight excluding hydrogens is 375 g/mol. The molecule has 3 aromatic rings. The van der Waals surface area contributed by atoms with Crippen molar-refractivity contribution in [1.82, 2.24) is 24.8 Å². The zero-order valence-electron chi connectivity index (χ0n) is 12.8. The van der Waals surface area contributed by atoms with E-state index in [2.05, 4.69) is 40.8 Å². The fourth-order valence-electron chi connectivity index (χ4n) is 3.25. The molecule has 1 atom stereocenters. The Labute approximate surface area is 146 Å². The van der Waals surface area contributed by atoms with E-state index in [0.29, 0.717) is 16.2 Å². The Kier molecular flexibility index (Phi) is 3.93. The largest absolute Gasteiger partial charge is 0.368 e. The molecule has 3 aromatic heterocycles. The maximum absolute atomic E-state index is 14.3. The van der Waals surface area contributed by atoms with Gasteiger partial charge < -0.3 is 15.6 Å². The number of nitrogen functional groups attached to an aromatic ring is 1. The molecule has 4 rings (SSSR count). The Morgan fingerprint density at radius 3 is 3.00 bits per heavy atom. The van der Waals surface area contributed by atoms with Gasteiger partial charge in [-0.05, 0) is 41.4 Å². The van der Waals surface area contributed by atoms with E-state index in [1.165, 1.54) is 0 Å². The van der Waals surface area contributed by atoms with Crippen LogP contribution in [0.1, 0.15) is 18.9 Å². The SMILES string of the molecule is Nc1ncc(F)c(-c2cn(C3CCCNC3)c3cnc(Br)cc23)n1. The Balaban J connectivity index is 1.94. The minimum Gasteiger partial charge on any atom is -0.368 e. The Hall–Kier alpha value is -2.06. The number of piperidine rings is 1. The first-order valence-corrected chi connectivity index (χ1v) is 8.58. The standard InChI is InChI=1S/C16H16BrFN6/c17-14-4-10-11(15-12(18)6-22-16(19)23-15)8-24(13(10)7-21-14)9-2-1-3-20-5-9/h4,6-9,20H,1-3,5H2,(H2,19,22,23). The first-order chi connectivity index (χ1) is 11.6. The summed E-state index contributed by atoms with van der Waals surface area (Å²) in [6, 6.07) is 2.19. The molecule has 0 bridgehead atoms. The molecule has 1 unspecified atom stereocenters. The predicted molar refractivity (Wildman–Crippen MR) is 94.0 cm³/mol. The first kappa shape index (κ1) is 15.5. The third kappa shape index (κ3) is 2.65. The van der Waals surface area contributed by atoms with Crippen molar-refractivity contribution in [1.29, 1.82) is 0 Å². The van der Waals surface area contributed by atoms with Gasteiger partial charge in [-0.15, -0.1) is 0 Å². The maximum atomic E-state index is 14.3. The Morgan fingerprint density at radius 2 is 2.21 bits per heavy atom. The molecule has 24 heavy (non-hydrogen) atoms. The van der Waals surface area contributed by atoms with Crippen molar-refractivity contribution >= 4 is 32.8 Å². The van der Waals surface area contributed by atoms with Gasteiger partial charge in [0.05, 0.1) is 17.9 Å². The number of anilines is 1. The normalized spacial score (nSPS) is 18.2. The summed E-state index contributed by atoms with van der Waals surface area (Å²) < 4.78 is 17.2. The average Bonchev–Trinajstić information content (AvgIpc) is 2.96. The van der Waals surface area contributed by atoms with Gasteiger partial charge in [0.25, 0.3) is 0 Å². The second-order valence-corrected chi connectivity index (χ2v) is 6.71. The number of pyridine rings is 1. The zero-order valence-corrected chi connectivity index (χ0v) is 14.4. The molecule has 124 valence electrons. The highest BCUT2D eigenvalue weighted by atomic mass is 79.9. The van der Waals surface area contributed by atoms with Gasteiger partial charge in [0, 0.05) is 29.7 Å². The lowest BCUT2D eigenvalue weighted by molar-refractivity contribution is 0.379. The molecule has 1 aliphatic rings. The monoisotopic (exact) mass is 390 g/mol. The van der Waals surface area contributed by atoms with Crippen LogP contribution in [0.25, 0.3) is 22.2 Å². The van der Waals surface area contributed by atoms with Gasteiger partial charge >= 0.3 is 0 Å². The molecule has 0 aromatic carbocycles. The lowest BCUT2D eigenvalue weighted by atomic mass is 10.1. The van der Waals surface area contributed by atoms with E-state index in [0.717, 1.165) is 43.0 Å². The van der Waals surface area contributed by atoms with Crippen molar-refractivity contribution < 1.29 is 4.39 Å². The highest BCUT2D eigenvalue weighted by Gasteiger charge is 2.22. The number of hydrogen-bond acceptors (Lipinski definition) is 5. The third-order valence-corrected chi connectivity index (χ3v) is 4.80. The molecule has 0 spiro atoms. The molecule has 1 fully saturated rings. The third-order valence-electron chi connectivity index (χ3n) is 4.37. The molecule has 1 aliphatic heterocycles. The molecule has 0 amide bonds. The summed E-state index contributed by atoms with van der Waals surface area (Å²) in [5.41, 5.74) is 7.53. The van der Waals surface area contributed by atoms with E-state index in [1.807, 2.05) is 12.3 Å². The van der Waals surface area contributed by atoms with Crippen molar-refractivity contribution in [2.75, 3.05) is 18.8 Å². The molecule has 0 radical (unpaired) electrons. The fraction of sp³-hybridized carbons (Fsp3) is 0.312. The van der Waals surface area contributed by atoms with Crippen LogP contribution in [0.5, 0.6) is 0 Å². The number of nitrogens with zero attached hydrogens (tertiary/aromatic N) is 4. The van der Waals surface area contributed by atoms with Crippen molar-refractivity contribution in [3.8, 4) is 11.3 Å². The number of rotatable bonds is 2. The molecule has 3 N–H and O–H groups in total. The molecule has 0 saturated carbocycles. The van der Waals surface area contributed by atoms with Crippen LogP contribution in [-0.4, -0.2) is 32.6 Å². The van der Waals surface area contributed by atoms with Crippen LogP contribution >= 0.6 is 15.9 Å². The number of hydrogen-bond donors (Lipinski definition) is 2. The van der Waals surface area contributed by atoms with Crippen LogP contribution < -0.4 is 11.1 Å². The number of fused-ring (bicyclic) bond motifs is 1. The summed E-state index contributed by atoms with van der Waals surface area (Å²) >= 11 is 3.39. The molecule has 0 aliphatic carbocycles. The van der Waals surface area contributed by atoms with E-state index in [-0.39, 0.29) is 11.6 Å². The van der Waals surface area contributed by atoms with E-state index in [1.54, 1.807) is 6.20 Å². The van der Waals surface area contributed by atoms with Crippen LogP contribution in [0.3, 0.4) is 0 Å². The van der Waals surface area contributed by atoms with Gasteiger partial charge in [0.15, 0.2) is 5.82 Å². The van der Waals surface area contributed by atoms with Gasteiger partial charge in [-0.3, -0.25) is 0 Å². The fourth-order valence-corrected chi connectivity index (χ4v) is 3.58. The quantitative estimate of drug-likeness (QED) is 0.657. The minimum atomic E-state index is -0.488. The van der Waals surface area contributed by atoms with Gasteiger partial charge in [-0.25, -0.2) is 19.3 Å². The number of nitrogens with one attached hydrogen (secondary N) is 1. The van der Waals surface area contributed by atoms with Crippen LogP contribution in [0.4, 0.5) is 10.3 Å². The highest BCUT2D eigenvalue weighted by molar-refractivity contribution is 9.10. The Bertz CT molecular complexity index is 903. The van der Waals surface area contributed by atoms with Gasteiger partial charge in [0.2, 0.25) is 5.95 Å². The summed E-state index contributed by atoms with van der Waals surface area (Å²) in [5, 5.41) is 4.30. The molecular formula is C16H16BrFN6. The molecule has 8 heteroatoms. The highest BCUT2D eigenvalue weighted by Crippen LogP contribution is 2.35. The second-order valence-electron chi connectivity index (χ2n) is 5.90. The summed E-state index contributed by atoms with van der Waals surface area (Å²) in [6.45, 7) is 1.91. The maximum Gasteiger partial charge on any atom is 0.220 e. The first-order valence-electron chi connectivity index (χ1n) is 7.78. The molecule has 4 heterocycles. The minimum absolute atomic E-state index is 0.0553. The van der Waals surface area contributed by atoms with E-state index in [4.69, 9.17) is 5.73 Å². The van der Waals surface area contributed by atoms with E-state index >= 15 is 0 Å². The van der Waals surface area contributed by atoms with Crippen LogP contribution in [-0.2, 0) is 0 Å². The Morgan fingerprint density at radius 1 is 1.33 bits per heavy atom. The second kappa shape index (κ2) is 6.10. The van der Waals surface area contributed by atoms with Crippen molar-refractivity contribution in [3.63, 3.8) is 0 Å². The zero-order chi connectivity index (χ0) is 16.7. The van der Waals surface area contributed by atoms with Gasteiger partial charge in [0.1, 0.15) is 10.3 Å².